The molecule has 0 fully saturated rings. The molecule has 5 heteroatoms. The SMILES string of the molecule is CN1c2ccccc2N[C@@H]2[C@@H]1NC(c1ccccc1)=[N+]2c1ccccn1. The molecule has 2 N–H and O–H groups in total. The van der Waals surface area contributed by atoms with Crippen molar-refractivity contribution >= 4 is 23.0 Å². The minimum absolute atomic E-state index is 0.0417. The quantitative estimate of drug-likeness (QED) is 0.703. The third-order valence-electron chi connectivity index (χ3n) is 5.05. The molecule has 2 aliphatic heterocycles. The van der Waals surface area contributed by atoms with E-state index in [1.54, 1.807) is 0 Å². The number of fused-ring (bicyclic) bond motifs is 2. The Morgan fingerprint density at radius 3 is 2.46 bits per heavy atom. The highest BCUT2D eigenvalue weighted by Gasteiger charge is 2.46. The molecule has 2 aliphatic rings. The van der Waals surface area contributed by atoms with Gasteiger partial charge in [-0.25, -0.2) is 4.58 Å². The molecule has 0 aliphatic carbocycles. The number of nitrogens with zero attached hydrogens (tertiary/aromatic N) is 3. The molecular formula is C21H20N5+. The lowest BCUT2D eigenvalue weighted by Crippen LogP contribution is -2.55. The lowest BCUT2D eigenvalue weighted by atomic mass is 10.1. The molecular weight excluding hydrogens is 322 g/mol. The standard InChI is InChI=1S/C21H19N5/c1-25-17-12-6-5-11-16(17)23-21-20(25)24-19(15-9-3-2-4-10-15)26(21)18-13-7-8-14-22-18/h2-14,20-21,23H,1H3/p+1/t20-,21+/m1/s1. The largest absolute Gasteiger partial charge is 0.347 e. The van der Waals surface area contributed by atoms with Crippen molar-refractivity contribution in [1.29, 1.82) is 0 Å². The summed E-state index contributed by atoms with van der Waals surface area (Å²) in [7, 11) is 2.13. The average molecular weight is 342 g/mol. The van der Waals surface area contributed by atoms with E-state index in [-0.39, 0.29) is 12.3 Å². The van der Waals surface area contributed by atoms with Crippen LogP contribution < -0.4 is 15.5 Å². The highest BCUT2D eigenvalue weighted by atomic mass is 15.5. The van der Waals surface area contributed by atoms with E-state index in [4.69, 9.17) is 0 Å². The maximum absolute atomic E-state index is 4.62. The highest BCUT2D eigenvalue weighted by molar-refractivity contribution is 5.97. The van der Waals surface area contributed by atoms with Crippen LogP contribution in [0.3, 0.4) is 0 Å². The second-order valence-electron chi connectivity index (χ2n) is 6.58. The first-order valence-corrected chi connectivity index (χ1v) is 8.80. The summed E-state index contributed by atoms with van der Waals surface area (Å²) >= 11 is 0. The number of amidine groups is 1. The molecule has 128 valence electrons. The number of para-hydroxylation sites is 2. The number of hydrogen-bond acceptors (Lipinski definition) is 4. The fourth-order valence-corrected chi connectivity index (χ4v) is 3.81. The first kappa shape index (κ1) is 15.0. The zero-order valence-corrected chi connectivity index (χ0v) is 14.5. The lowest BCUT2D eigenvalue weighted by Gasteiger charge is -2.36. The number of hydrogen-bond donors (Lipinski definition) is 2. The fraction of sp³-hybridized carbons (Fsp3) is 0.143. The van der Waals surface area contributed by atoms with Gasteiger partial charge in [-0.15, -0.1) is 4.98 Å². The number of benzene rings is 2. The monoisotopic (exact) mass is 342 g/mol. The number of aromatic nitrogens is 1. The maximum Gasteiger partial charge on any atom is 0.264 e. The van der Waals surface area contributed by atoms with Crippen LogP contribution in [0.5, 0.6) is 0 Å². The average Bonchev–Trinajstić information content (AvgIpc) is 3.09. The van der Waals surface area contributed by atoms with Crippen LogP contribution in [0.4, 0.5) is 17.2 Å². The van der Waals surface area contributed by atoms with Crippen molar-refractivity contribution in [2.75, 3.05) is 17.3 Å². The predicted molar refractivity (Wildman–Crippen MR) is 104 cm³/mol. The number of nitrogens with one attached hydrogen (secondary N) is 2. The lowest BCUT2D eigenvalue weighted by molar-refractivity contribution is -0.473. The van der Waals surface area contributed by atoms with Crippen LogP contribution in [-0.2, 0) is 0 Å². The van der Waals surface area contributed by atoms with Gasteiger partial charge in [0.25, 0.3) is 5.82 Å². The van der Waals surface area contributed by atoms with Gasteiger partial charge in [-0.1, -0.05) is 36.4 Å². The molecule has 3 heterocycles. The summed E-state index contributed by atoms with van der Waals surface area (Å²) in [5.41, 5.74) is 3.47. The molecule has 1 aromatic heterocycles. The Labute approximate surface area is 152 Å². The molecule has 0 amide bonds. The Balaban J connectivity index is 1.68. The van der Waals surface area contributed by atoms with Crippen molar-refractivity contribution in [2.24, 2.45) is 0 Å². The van der Waals surface area contributed by atoms with Crippen LogP contribution in [0.1, 0.15) is 5.56 Å². The molecule has 0 saturated carbocycles. The molecule has 0 radical (unpaired) electrons. The molecule has 3 aromatic rings. The number of likely N-dealkylation sites (N-methyl/N-ethyl adjacent to an activating group) is 1. The van der Waals surface area contributed by atoms with Gasteiger partial charge in [-0.3, -0.25) is 5.32 Å². The van der Waals surface area contributed by atoms with Crippen molar-refractivity contribution in [3.05, 3.63) is 84.6 Å². The molecule has 0 bridgehead atoms. The van der Waals surface area contributed by atoms with Gasteiger partial charge in [-0.05, 0) is 30.3 Å². The number of pyridine rings is 1. The van der Waals surface area contributed by atoms with Crippen molar-refractivity contribution in [3.63, 3.8) is 0 Å². The Morgan fingerprint density at radius 1 is 0.885 bits per heavy atom. The molecule has 5 nitrogen and oxygen atoms in total. The van der Waals surface area contributed by atoms with Crippen LogP contribution in [-0.4, -0.2) is 34.8 Å². The van der Waals surface area contributed by atoms with E-state index in [2.05, 4.69) is 86.7 Å². The van der Waals surface area contributed by atoms with Crippen molar-refractivity contribution < 1.29 is 4.58 Å². The van der Waals surface area contributed by atoms with E-state index < -0.39 is 0 Å². The molecule has 2 atom stereocenters. The van der Waals surface area contributed by atoms with Gasteiger partial charge in [0.15, 0.2) is 6.17 Å². The van der Waals surface area contributed by atoms with Gasteiger partial charge in [0, 0.05) is 18.7 Å². The van der Waals surface area contributed by atoms with E-state index >= 15 is 0 Å². The number of anilines is 2. The summed E-state index contributed by atoms with van der Waals surface area (Å²) in [5.74, 6) is 1.98. The molecule has 26 heavy (non-hydrogen) atoms. The molecule has 5 rings (SSSR count). The molecule has 0 spiro atoms. The fourth-order valence-electron chi connectivity index (χ4n) is 3.81. The van der Waals surface area contributed by atoms with Gasteiger partial charge >= 0.3 is 0 Å². The predicted octanol–water partition coefficient (Wildman–Crippen LogP) is 2.99. The minimum atomic E-state index is 0.0417. The van der Waals surface area contributed by atoms with Gasteiger partial charge in [0.1, 0.15) is 6.20 Å². The molecule has 0 saturated heterocycles. The van der Waals surface area contributed by atoms with Crippen LogP contribution in [0.25, 0.3) is 0 Å². The normalized spacial score (nSPS) is 20.9. The first-order valence-electron chi connectivity index (χ1n) is 8.80. The topological polar surface area (TPSA) is 43.2 Å². The third-order valence-corrected chi connectivity index (χ3v) is 5.05. The summed E-state index contributed by atoms with van der Waals surface area (Å²) < 4.78 is 2.26. The minimum Gasteiger partial charge on any atom is -0.347 e. The first-order chi connectivity index (χ1) is 12.8. The number of rotatable bonds is 2. The van der Waals surface area contributed by atoms with Gasteiger partial charge in [0.05, 0.1) is 11.4 Å². The van der Waals surface area contributed by atoms with Crippen LogP contribution in [0.2, 0.25) is 0 Å². The Kier molecular flexibility index (Phi) is 3.38. The van der Waals surface area contributed by atoms with Gasteiger partial charge < -0.3 is 10.2 Å². The Bertz CT molecular complexity index is 968. The van der Waals surface area contributed by atoms with Crippen molar-refractivity contribution in [3.8, 4) is 0 Å². The zero-order chi connectivity index (χ0) is 17.5. The summed E-state index contributed by atoms with van der Waals surface area (Å²) in [4.78, 5) is 6.91. The Hall–Kier alpha value is -3.34. The Morgan fingerprint density at radius 2 is 1.65 bits per heavy atom. The van der Waals surface area contributed by atoms with Crippen LogP contribution >= 0.6 is 0 Å². The van der Waals surface area contributed by atoms with Gasteiger partial charge in [-0.2, -0.15) is 0 Å². The van der Waals surface area contributed by atoms with Crippen LogP contribution in [0, 0.1) is 0 Å². The highest BCUT2D eigenvalue weighted by Crippen LogP contribution is 2.35. The smallest absolute Gasteiger partial charge is 0.264 e. The van der Waals surface area contributed by atoms with E-state index in [1.165, 1.54) is 5.69 Å². The summed E-state index contributed by atoms with van der Waals surface area (Å²) in [6.45, 7) is 0. The second kappa shape index (κ2) is 5.88. The van der Waals surface area contributed by atoms with Crippen LogP contribution in [0.15, 0.2) is 79.0 Å². The van der Waals surface area contributed by atoms with E-state index in [0.717, 1.165) is 22.9 Å². The van der Waals surface area contributed by atoms with E-state index in [0.29, 0.717) is 0 Å². The third kappa shape index (κ3) is 2.24. The maximum atomic E-state index is 4.62. The van der Waals surface area contributed by atoms with E-state index in [9.17, 15) is 0 Å². The summed E-state index contributed by atoms with van der Waals surface area (Å²) in [6, 6.07) is 24.9. The zero-order valence-electron chi connectivity index (χ0n) is 14.5. The molecule has 2 aromatic carbocycles. The summed E-state index contributed by atoms with van der Waals surface area (Å²) in [6.07, 6.45) is 1.98. The van der Waals surface area contributed by atoms with Gasteiger partial charge in [0.2, 0.25) is 12.0 Å². The molecule has 0 unspecified atom stereocenters. The van der Waals surface area contributed by atoms with E-state index in [1.807, 2.05) is 24.4 Å². The summed E-state index contributed by atoms with van der Waals surface area (Å²) in [5, 5.41) is 7.41. The van der Waals surface area contributed by atoms with Crippen molar-refractivity contribution in [2.45, 2.75) is 12.3 Å². The van der Waals surface area contributed by atoms with Crippen molar-refractivity contribution in [1.82, 2.24) is 10.3 Å². The second-order valence-corrected chi connectivity index (χ2v) is 6.58.